The molecule has 1 heterocycles. The van der Waals surface area contributed by atoms with Gasteiger partial charge in [0.1, 0.15) is 0 Å². The third kappa shape index (κ3) is 3.85. The van der Waals surface area contributed by atoms with Crippen molar-refractivity contribution in [2.45, 2.75) is 6.92 Å². The van der Waals surface area contributed by atoms with Gasteiger partial charge in [-0.2, -0.15) is 0 Å². The molecule has 6 rings (SSSR count). The van der Waals surface area contributed by atoms with E-state index in [0.29, 0.717) is 0 Å². The first-order chi connectivity index (χ1) is 17.8. The molecule has 0 aliphatic carbocycles. The minimum atomic E-state index is 1.19. The molecule has 5 aromatic carbocycles. The van der Waals surface area contributed by atoms with Crippen LogP contribution in [0.3, 0.4) is 0 Å². The second-order valence-corrected chi connectivity index (χ2v) is 9.03. The van der Waals surface area contributed by atoms with Crippen molar-refractivity contribution in [1.82, 2.24) is 4.57 Å². The molecule has 0 saturated heterocycles. The fourth-order valence-electron chi connectivity index (χ4n) is 5.14. The average Bonchev–Trinajstić information content (AvgIpc) is 3.31. The lowest BCUT2D eigenvalue weighted by Gasteiger charge is -2.17. The Morgan fingerprint density at radius 1 is 0.361 bits per heavy atom. The van der Waals surface area contributed by atoms with Gasteiger partial charge in [-0.3, -0.25) is 0 Å². The van der Waals surface area contributed by atoms with E-state index in [9.17, 15) is 0 Å². The quantitative estimate of drug-likeness (QED) is 0.241. The number of nitrogens with zero attached hydrogens (tertiary/aromatic N) is 1. The van der Waals surface area contributed by atoms with E-state index in [1.165, 1.54) is 56.0 Å². The molecule has 0 bridgehead atoms. The standard InChI is InChI=1S/C35H27N/c1-26-16-14-15-25-31(26)36-34(29-21-10-4-11-22-29)32(27-17-6-2-7-18-27)33(28-19-8-3-9-20-28)35(36)30-23-12-5-13-24-30/h2-25H,1H3. The first-order valence-electron chi connectivity index (χ1n) is 12.4. The first-order valence-corrected chi connectivity index (χ1v) is 12.4. The summed E-state index contributed by atoms with van der Waals surface area (Å²) < 4.78 is 2.48. The van der Waals surface area contributed by atoms with Crippen LogP contribution in [0, 0.1) is 6.92 Å². The van der Waals surface area contributed by atoms with E-state index < -0.39 is 0 Å². The molecule has 1 nitrogen and oxygen atoms in total. The lowest BCUT2D eigenvalue weighted by atomic mass is 9.91. The first kappa shape index (κ1) is 21.9. The third-order valence-electron chi connectivity index (χ3n) is 6.75. The van der Waals surface area contributed by atoms with Crippen molar-refractivity contribution in [2.24, 2.45) is 0 Å². The molecule has 0 atom stereocenters. The second kappa shape index (κ2) is 9.56. The van der Waals surface area contributed by atoms with Gasteiger partial charge in [-0.05, 0) is 40.8 Å². The van der Waals surface area contributed by atoms with Crippen molar-refractivity contribution in [3.8, 4) is 50.5 Å². The van der Waals surface area contributed by atoms with Gasteiger partial charge < -0.3 is 4.57 Å². The van der Waals surface area contributed by atoms with Crippen LogP contribution in [0.5, 0.6) is 0 Å². The number of rotatable bonds is 5. The fourth-order valence-corrected chi connectivity index (χ4v) is 5.14. The zero-order chi connectivity index (χ0) is 24.3. The van der Waals surface area contributed by atoms with Crippen LogP contribution in [-0.4, -0.2) is 4.57 Å². The number of aromatic nitrogens is 1. The number of benzene rings is 5. The van der Waals surface area contributed by atoms with Gasteiger partial charge in [0, 0.05) is 16.8 Å². The van der Waals surface area contributed by atoms with E-state index in [4.69, 9.17) is 0 Å². The van der Waals surface area contributed by atoms with Gasteiger partial charge in [0.25, 0.3) is 0 Å². The predicted octanol–water partition coefficient (Wildman–Crippen LogP) is 9.45. The lowest BCUT2D eigenvalue weighted by Crippen LogP contribution is -2.02. The zero-order valence-corrected chi connectivity index (χ0v) is 20.3. The summed E-state index contributed by atoms with van der Waals surface area (Å²) in [4.78, 5) is 0. The average molecular weight is 462 g/mol. The van der Waals surface area contributed by atoms with Gasteiger partial charge in [0.2, 0.25) is 0 Å². The van der Waals surface area contributed by atoms with Crippen LogP contribution in [-0.2, 0) is 0 Å². The number of aryl methyl sites for hydroxylation is 1. The van der Waals surface area contributed by atoms with Crippen molar-refractivity contribution in [3.63, 3.8) is 0 Å². The molecule has 0 radical (unpaired) electrons. The van der Waals surface area contributed by atoms with Crippen LogP contribution in [0.25, 0.3) is 50.5 Å². The Bertz CT molecular complexity index is 1500. The Hall–Kier alpha value is -4.62. The van der Waals surface area contributed by atoms with Crippen molar-refractivity contribution in [3.05, 3.63) is 151 Å². The van der Waals surface area contributed by atoms with Gasteiger partial charge in [-0.25, -0.2) is 0 Å². The van der Waals surface area contributed by atoms with Crippen molar-refractivity contribution in [2.75, 3.05) is 0 Å². The SMILES string of the molecule is Cc1ccccc1-n1c(-c2ccccc2)c(-c2ccccc2)c(-c2ccccc2)c1-c1ccccc1. The maximum atomic E-state index is 2.48. The van der Waals surface area contributed by atoms with Crippen molar-refractivity contribution in [1.29, 1.82) is 0 Å². The minimum absolute atomic E-state index is 1.19. The minimum Gasteiger partial charge on any atom is -0.308 e. The fraction of sp³-hybridized carbons (Fsp3) is 0.0286. The summed E-state index contributed by atoms with van der Waals surface area (Å²) in [5.74, 6) is 0. The number of hydrogen-bond acceptors (Lipinski definition) is 0. The molecule has 0 saturated carbocycles. The van der Waals surface area contributed by atoms with Crippen LogP contribution < -0.4 is 0 Å². The van der Waals surface area contributed by atoms with E-state index in [1.807, 2.05) is 0 Å². The molecule has 0 unspecified atom stereocenters. The number of para-hydroxylation sites is 1. The Labute approximate surface area is 213 Å². The van der Waals surface area contributed by atoms with Gasteiger partial charge >= 0.3 is 0 Å². The summed E-state index contributed by atoms with van der Waals surface area (Å²) in [7, 11) is 0. The summed E-state index contributed by atoms with van der Waals surface area (Å²) in [5, 5.41) is 0. The Morgan fingerprint density at radius 2 is 0.694 bits per heavy atom. The maximum Gasteiger partial charge on any atom is 0.0620 e. The van der Waals surface area contributed by atoms with Crippen LogP contribution in [0.15, 0.2) is 146 Å². The van der Waals surface area contributed by atoms with Gasteiger partial charge in [-0.15, -0.1) is 0 Å². The monoisotopic (exact) mass is 461 g/mol. The highest BCUT2D eigenvalue weighted by molar-refractivity contribution is 6.03. The smallest absolute Gasteiger partial charge is 0.0620 e. The Balaban J connectivity index is 1.88. The van der Waals surface area contributed by atoms with E-state index in [-0.39, 0.29) is 0 Å². The topological polar surface area (TPSA) is 4.93 Å². The van der Waals surface area contributed by atoms with E-state index >= 15 is 0 Å². The molecular weight excluding hydrogens is 434 g/mol. The molecule has 0 N–H and O–H groups in total. The molecule has 1 aromatic heterocycles. The highest BCUT2D eigenvalue weighted by atomic mass is 15.0. The largest absolute Gasteiger partial charge is 0.308 e. The summed E-state index contributed by atoms with van der Waals surface area (Å²) >= 11 is 0. The molecule has 0 spiro atoms. The van der Waals surface area contributed by atoms with E-state index in [0.717, 1.165) is 0 Å². The number of hydrogen-bond donors (Lipinski definition) is 0. The highest BCUT2D eigenvalue weighted by Crippen LogP contribution is 2.49. The highest BCUT2D eigenvalue weighted by Gasteiger charge is 2.28. The van der Waals surface area contributed by atoms with Gasteiger partial charge in [0.05, 0.1) is 11.4 Å². The molecule has 0 aliphatic heterocycles. The summed E-state index contributed by atoms with van der Waals surface area (Å²) in [6.07, 6.45) is 0. The van der Waals surface area contributed by atoms with Gasteiger partial charge in [0.15, 0.2) is 0 Å². The third-order valence-corrected chi connectivity index (χ3v) is 6.75. The molecule has 0 amide bonds. The molecular formula is C35H27N. The van der Waals surface area contributed by atoms with Crippen LogP contribution in [0.4, 0.5) is 0 Å². The van der Waals surface area contributed by atoms with Gasteiger partial charge in [-0.1, -0.05) is 140 Å². The zero-order valence-electron chi connectivity index (χ0n) is 20.3. The normalized spacial score (nSPS) is 10.9. The molecule has 36 heavy (non-hydrogen) atoms. The Morgan fingerprint density at radius 3 is 1.08 bits per heavy atom. The molecule has 0 fully saturated rings. The maximum absolute atomic E-state index is 2.48. The van der Waals surface area contributed by atoms with Crippen LogP contribution >= 0.6 is 0 Å². The lowest BCUT2D eigenvalue weighted by molar-refractivity contribution is 1.08. The summed E-state index contributed by atoms with van der Waals surface area (Å²) in [5.41, 5.74) is 12.1. The predicted molar refractivity (Wildman–Crippen MR) is 152 cm³/mol. The van der Waals surface area contributed by atoms with Crippen molar-refractivity contribution < 1.29 is 0 Å². The molecule has 1 heteroatoms. The molecule has 172 valence electrons. The Kier molecular flexibility index (Phi) is 5.81. The summed E-state index contributed by atoms with van der Waals surface area (Å²) in [6, 6.07) is 51.9. The molecule has 0 aliphatic rings. The van der Waals surface area contributed by atoms with Crippen LogP contribution in [0.1, 0.15) is 5.56 Å². The summed E-state index contributed by atoms with van der Waals surface area (Å²) in [6.45, 7) is 2.20. The van der Waals surface area contributed by atoms with E-state index in [1.54, 1.807) is 0 Å². The van der Waals surface area contributed by atoms with Crippen LogP contribution in [0.2, 0.25) is 0 Å². The molecule has 6 aromatic rings. The van der Waals surface area contributed by atoms with E-state index in [2.05, 4.69) is 157 Å². The van der Waals surface area contributed by atoms with Crippen molar-refractivity contribution >= 4 is 0 Å². The second-order valence-electron chi connectivity index (χ2n) is 9.03.